The molecular weight excluding hydrogens is 316 g/mol. The molecule has 1 aromatic heterocycles. The first-order valence-electron chi connectivity index (χ1n) is 9.94. The van der Waals surface area contributed by atoms with E-state index in [0.29, 0.717) is 18.1 Å². The number of rotatable bonds is 5. The van der Waals surface area contributed by atoms with Gasteiger partial charge in [0.15, 0.2) is 0 Å². The molecule has 4 rings (SSSR count). The highest BCUT2D eigenvalue weighted by atomic mass is 16.5. The van der Waals surface area contributed by atoms with Crippen molar-refractivity contribution < 1.29 is 13.9 Å². The Morgan fingerprint density at radius 1 is 1.16 bits per heavy atom. The fraction of sp³-hybridized carbons (Fsp3) is 0.800. The number of furan rings is 1. The second kappa shape index (κ2) is 8.21. The van der Waals surface area contributed by atoms with Crippen molar-refractivity contribution in [2.24, 2.45) is 11.8 Å². The molecule has 0 aromatic carbocycles. The van der Waals surface area contributed by atoms with Crippen LogP contribution in [0.3, 0.4) is 0 Å². The van der Waals surface area contributed by atoms with Crippen LogP contribution in [0.25, 0.3) is 0 Å². The maximum atomic E-state index is 6.25. The van der Waals surface area contributed by atoms with Crippen LogP contribution in [0.2, 0.25) is 0 Å². The number of piperidine rings is 1. The van der Waals surface area contributed by atoms with Gasteiger partial charge in [-0.05, 0) is 56.7 Å². The first-order valence-corrected chi connectivity index (χ1v) is 9.94. The van der Waals surface area contributed by atoms with Crippen LogP contribution in [0.5, 0.6) is 0 Å². The summed E-state index contributed by atoms with van der Waals surface area (Å²) < 4.78 is 17.4. The lowest BCUT2D eigenvalue weighted by atomic mass is 9.84. The highest BCUT2D eigenvalue weighted by Crippen LogP contribution is 2.32. The Hall–Kier alpha value is -0.880. The maximum Gasteiger partial charge on any atom is 0.117 e. The minimum absolute atomic E-state index is 0.375. The van der Waals surface area contributed by atoms with E-state index in [1.165, 1.54) is 38.8 Å². The topological polar surface area (TPSA) is 38.1 Å². The summed E-state index contributed by atoms with van der Waals surface area (Å²) in [7, 11) is 2.22. The van der Waals surface area contributed by atoms with Gasteiger partial charge in [0.25, 0.3) is 0 Å². The van der Waals surface area contributed by atoms with E-state index in [-0.39, 0.29) is 0 Å². The SMILES string of the molecule is CN(Cc1ccco1)[C@@H]1CN(CC2CCOCC2)C[C@@H]2CCCO[C@@H]21. The number of fused-ring (bicyclic) bond motifs is 1. The van der Waals surface area contributed by atoms with Crippen molar-refractivity contribution in [2.45, 2.75) is 44.4 Å². The molecule has 140 valence electrons. The van der Waals surface area contributed by atoms with Crippen molar-refractivity contribution in [3.05, 3.63) is 24.2 Å². The van der Waals surface area contributed by atoms with E-state index in [2.05, 4.69) is 22.9 Å². The van der Waals surface area contributed by atoms with Crippen LogP contribution in [0.1, 0.15) is 31.4 Å². The first-order chi connectivity index (χ1) is 12.3. The number of likely N-dealkylation sites (tertiary alicyclic amines) is 1. The molecule has 0 radical (unpaired) electrons. The molecule has 3 aliphatic heterocycles. The summed E-state index contributed by atoms with van der Waals surface area (Å²) in [6, 6.07) is 4.49. The summed E-state index contributed by atoms with van der Waals surface area (Å²) in [5, 5.41) is 0. The lowest BCUT2D eigenvalue weighted by Crippen LogP contribution is -2.60. The minimum Gasteiger partial charge on any atom is -0.468 e. The van der Waals surface area contributed by atoms with Gasteiger partial charge in [-0.1, -0.05) is 0 Å². The molecule has 0 N–H and O–H groups in total. The number of hydrogen-bond donors (Lipinski definition) is 0. The monoisotopic (exact) mass is 348 g/mol. The molecule has 3 atom stereocenters. The predicted molar refractivity (Wildman–Crippen MR) is 96.4 cm³/mol. The van der Waals surface area contributed by atoms with Crippen molar-refractivity contribution in [3.63, 3.8) is 0 Å². The third-order valence-electron chi connectivity index (χ3n) is 6.22. The first kappa shape index (κ1) is 17.5. The molecule has 0 unspecified atom stereocenters. The zero-order valence-electron chi connectivity index (χ0n) is 15.4. The number of nitrogens with zero attached hydrogens (tertiary/aromatic N) is 2. The Balaban J connectivity index is 1.42. The number of hydrogen-bond acceptors (Lipinski definition) is 5. The molecule has 0 bridgehead atoms. The third kappa shape index (κ3) is 4.27. The van der Waals surface area contributed by atoms with E-state index in [1.807, 2.05) is 6.07 Å². The Labute approximate surface area is 151 Å². The normalized spacial score (nSPS) is 32.0. The number of likely N-dealkylation sites (N-methyl/N-ethyl adjacent to an activating group) is 1. The molecule has 0 amide bonds. The molecule has 0 spiro atoms. The summed E-state index contributed by atoms with van der Waals surface area (Å²) in [6.07, 6.45) is 7.09. The van der Waals surface area contributed by atoms with E-state index in [0.717, 1.165) is 44.6 Å². The van der Waals surface area contributed by atoms with Gasteiger partial charge in [-0.25, -0.2) is 0 Å². The van der Waals surface area contributed by atoms with Crippen LogP contribution < -0.4 is 0 Å². The van der Waals surface area contributed by atoms with Crippen LogP contribution in [-0.2, 0) is 16.0 Å². The standard InChI is InChI=1S/C20H32N2O3/c1-21(14-18-5-3-8-24-18)19-15-22(12-16-6-10-23-11-7-16)13-17-4-2-9-25-20(17)19/h3,5,8,16-17,19-20H,2,4,6-7,9-15H2,1H3/t17-,19+,20-/m0/s1. The maximum absolute atomic E-state index is 6.25. The van der Waals surface area contributed by atoms with E-state index in [1.54, 1.807) is 6.26 Å². The molecule has 25 heavy (non-hydrogen) atoms. The Bertz CT molecular complexity index is 513. The fourth-order valence-electron chi connectivity index (χ4n) is 4.86. The highest BCUT2D eigenvalue weighted by molar-refractivity contribution is 5.00. The summed E-state index contributed by atoms with van der Waals surface area (Å²) in [6.45, 7) is 7.19. The highest BCUT2D eigenvalue weighted by Gasteiger charge is 2.41. The molecule has 4 heterocycles. The molecule has 0 aliphatic carbocycles. The third-order valence-corrected chi connectivity index (χ3v) is 6.22. The summed E-state index contributed by atoms with van der Waals surface area (Å²) >= 11 is 0. The molecule has 0 saturated carbocycles. The lowest BCUT2D eigenvalue weighted by Gasteiger charge is -2.49. The van der Waals surface area contributed by atoms with Crippen molar-refractivity contribution in [2.75, 3.05) is 46.5 Å². The minimum atomic E-state index is 0.375. The largest absolute Gasteiger partial charge is 0.468 e. The molecule has 3 aliphatic rings. The molecule has 3 saturated heterocycles. The van der Waals surface area contributed by atoms with Gasteiger partial charge in [-0.15, -0.1) is 0 Å². The lowest BCUT2D eigenvalue weighted by molar-refractivity contribution is -0.115. The zero-order valence-corrected chi connectivity index (χ0v) is 15.4. The zero-order chi connectivity index (χ0) is 17.1. The quantitative estimate of drug-likeness (QED) is 0.818. The molecule has 1 aromatic rings. The van der Waals surface area contributed by atoms with Gasteiger partial charge in [0.05, 0.1) is 18.9 Å². The van der Waals surface area contributed by atoms with Crippen molar-refractivity contribution in [1.29, 1.82) is 0 Å². The Morgan fingerprint density at radius 3 is 2.84 bits per heavy atom. The summed E-state index contributed by atoms with van der Waals surface area (Å²) in [5.41, 5.74) is 0. The second-order valence-corrected chi connectivity index (χ2v) is 8.07. The van der Waals surface area contributed by atoms with Crippen LogP contribution in [-0.4, -0.2) is 68.4 Å². The smallest absolute Gasteiger partial charge is 0.117 e. The Morgan fingerprint density at radius 2 is 2.04 bits per heavy atom. The van der Waals surface area contributed by atoms with Crippen molar-refractivity contribution in [1.82, 2.24) is 9.80 Å². The summed E-state index contributed by atoms with van der Waals surface area (Å²) in [5.74, 6) is 2.51. The van der Waals surface area contributed by atoms with Crippen molar-refractivity contribution >= 4 is 0 Å². The van der Waals surface area contributed by atoms with Gasteiger partial charge < -0.3 is 18.8 Å². The molecule has 5 heteroatoms. The van der Waals surface area contributed by atoms with Gasteiger partial charge in [0.1, 0.15) is 5.76 Å². The van der Waals surface area contributed by atoms with Crippen LogP contribution in [0.15, 0.2) is 22.8 Å². The van der Waals surface area contributed by atoms with Gasteiger partial charge in [0.2, 0.25) is 0 Å². The van der Waals surface area contributed by atoms with E-state index < -0.39 is 0 Å². The van der Waals surface area contributed by atoms with E-state index >= 15 is 0 Å². The summed E-state index contributed by atoms with van der Waals surface area (Å²) in [4.78, 5) is 5.15. The van der Waals surface area contributed by atoms with Crippen LogP contribution in [0.4, 0.5) is 0 Å². The van der Waals surface area contributed by atoms with E-state index in [9.17, 15) is 0 Å². The molecule has 3 fully saturated rings. The predicted octanol–water partition coefficient (Wildman–Crippen LogP) is 2.62. The molecule has 5 nitrogen and oxygen atoms in total. The Kier molecular flexibility index (Phi) is 5.76. The van der Waals surface area contributed by atoms with Crippen LogP contribution >= 0.6 is 0 Å². The number of ether oxygens (including phenoxy) is 2. The molecular formula is C20H32N2O3. The van der Waals surface area contributed by atoms with E-state index in [4.69, 9.17) is 13.9 Å². The van der Waals surface area contributed by atoms with Gasteiger partial charge in [-0.3, -0.25) is 4.90 Å². The average Bonchev–Trinajstić information content (AvgIpc) is 3.15. The average molecular weight is 348 g/mol. The fourth-order valence-corrected chi connectivity index (χ4v) is 4.86. The van der Waals surface area contributed by atoms with Gasteiger partial charge in [0, 0.05) is 45.5 Å². The van der Waals surface area contributed by atoms with Crippen LogP contribution in [0, 0.1) is 11.8 Å². The van der Waals surface area contributed by atoms with Gasteiger partial charge >= 0.3 is 0 Å². The van der Waals surface area contributed by atoms with Gasteiger partial charge in [-0.2, -0.15) is 0 Å². The van der Waals surface area contributed by atoms with Crippen molar-refractivity contribution in [3.8, 4) is 0 Å². The second-order valence-electron chi connectivity index (χ2n) is 8.07.